The number of hydrogen-bond donors (Lipinski definition) is 2. The average molecular weight is 256 g/mol. The molecule has 0 saturated carbocycles. The third-order valence-corrected chi connectivity index (χ3v) is 3.23. The van der Waals surface area contributed by atoms with Crippen molar-refractivity contribution in [2.45, 2.75) is 12.5 Å². The highest BCUT2D eigenvalue weighted by Crippen LogP contribution is 2.25. The van der Waals surface area contributed by atoms with Gasteiger partial charge in [0.25, 0.3) is 0 Å². The molecule has 0 bridgehead atoms. The van der Waals surface area contributed by atoms with E-state index in [1.54, 1.807) is 24.3 Å². The molecule has 0 spiro atoms. The van der Waals surface area contributed by atoms with Crippen LogP contribution in [0.3, 0.4) is 0 Å². The van der Waals surface area contributed by atoms with Crippen LogP contribution < -0.4 is 5.43 Å². The fraction of sp³-hybridized carbons (Fsp3) is 0.133. The molecule has 0 aromatic heterocycles. The van der Waals surface area contributed by atoms with Gasteiger partial charge < -0.3 is 10.5 Å². The zero-order chi connectivity index (χ0) is 13.2. The molecule has 0 fully saturated rings. The number of hydrogen-bond acceptors (Lipinski definition) is 3. The molecule has 4 heteroatoms. The Morgan fingerprint density at radius 3 is 2.42 bits per heavy atom. The van der Waals surface area contributed by atoms with Gasteiger partial charge in [-0.15, -0.1) is 0 Å². The van der Waals surface area contributed by atoms with E-state index < -0.39 is 0 Å². The van der Waals surface area contributed by atoms with Crippen molar-refractivity contribution >= 4 is 5.71 Å². The molecule has 0 radical (unpaired) electrons. The van der Waals surface area contributed by atoms with Crippen LogP contribution in [0.25, 0.3) is 0 Å². The molecule has 3 nitrogen and oxygen atoms in total. The zero-order valence-electron chi connectivity index (χ0n) is 10.2. The number of phenolic OH excluding ortho intramolecular Hbond substituents is 1. The molecule has 0 aliphatic carbocycles. The SMILES string of the molecule is Oc1ccc(C2=NNC(c3ccc(F)cc3)C2)cc1. The number of phenols is 1. The molecule has 0 saturated heterocycles. The summed E-state index contributed by atoms with van der Waals surface area (Å²) in [5, 5.41) is 13.6. The van der Waals surface area contributed by atoms with Crippen molar-refractivity contribution < 1.29 is 9.50 Å². The van der Waals surface area contributed by atoms with Gasteiger partial charge in [-0.3, -0.25) is 0 Å². The Kier molecular flexibility index (Phi) is 2.91. The Bertz CT molecular complexity index is 605. The highest BCUT2D eigenvalue weighted by molar-refractivity contribution is 6.01. The zero-order valence-corrected chi connectivity index (χ0v) is 10.2. The van der Waals surface area contributed by atoms with Crippen molar-refractivity contribution in [3.8, 4) is 5.75 Å². The number of benzene rings is 2. The highest BCUT2D eigenvalue weighted by atomic mass is 19.1. The predicted octanol–water partition coefficient (Wildman–Crippen LogP) is 2.97. The molecule has 0 amide bonds. The summed E-state index contributed by atoms with van der Waals surface area (Å²) in [4.78, 5) is 0. The predicted molar refractivity (Wildman–Crippen MR) is 71.5 cm³/mol. The molecule has 3 rings (SSSR count). The topological polar surface area (TPSA) is 44.6 Å². The minimum Gasteiger partial charge on any atom is -0.508 e. The van der Waals surface area contributed by atoms with Gasteiger partial charge in [0, 0.05) is 6.42 Å². The van der Waals surface area contributed by atoms with Gasteiger partial charge in [0.15, 0.2) is 0 Å². The molecule has 1 atom stereocenters. The van der Waals surface area contributed by atoms with E-state index in [1.807, 2.05) is 12.1 Å². The Labute approximate surface area is 110 Å². The Morgan fingerprint density at radius 2 is 1.74 bits per heavy atom. The lowest BCUT2D eigenvalue weighted by atomic mass is 9.99. The number of nitrogens with zero attached hydrogens (tertiary/aromatic N) is 1. The Balaban J connectivity index is 1.76. The summed E-state index contributed by atoms with van der Waals surface area (Å²) in [6, 6.07) is 13.5. The first-order valence-electron chi connectivity index (χ1n) is 6.09. The summed E-state index contributed by atoms with van der Waals surface area (Å²) >= 11 is 0. The molecule has 2 aromatic carbocycles. The Hall–Kier alpha value is -2.36. The molecule has 2 aromatic rings. The first kappa shape index (κ1) is 11.7. The van der Waals surface area contributed by atoms with Gasteiger partial charge in [-0.25, -0.2) is 4.39 Å². The molecule has 1 heterocycles. The van der Waals surface area contributed by atoms with Gasteiger partial charge in [0.1, 0.15) is 11.6 Å². The van der Waals surface area contributed by atoms with Crippen LogP contribution in [-0.2, 0) is 0 Å². The van der Waals surface area contributed by atoms with E-state index in [4.69, 9.17) is 0 Å². The second-order valence-electron chi connectivity index (χ2n) is 4.54. The number of nitrogens with one attached hydrogen (secondary N) is 1. The van der Waals surface area contributed by atoms with Crippen LogP contribution in [0, 0.1) is 5.82 Å². The van der Waals surface area contributed by atoms with Crippen molar-refractivity contribution in [3.05, 3.63) is 65.5 Å². The molecule has 1 aliphatic rings. The van der Waals surface area contributed by atoms with Crippen molar-refractivity contribution in [2.24, 2.45) is 5.10 Å². The summed E-state index contributed by atoms with van der Waals surface area (Å²) < 4.78 is 12.9. The van der Waals surface area contributed by atoms with E-state index in [1.165, 1.54) is 12.1 Å². The minimum atomic E-state index is -0.235. The van der Waals surface area contributed by atoms with Crippen LogP contribution in [0.1, 0.15) is 23.6 Å². The fourth-order valence-electron chi connectivity index (χ4n) is 2.16. The first-order chi connectivity index (χ1) is 9.22. The van der Waals surface area contributed by atoms with Crippen LogP contribution in [0.15, 0.2) is 53.6 Å². The molecular weight excluding hydrogens is 243 g/mol. The van der Waals surface area contributed by atoms with Gasteiger partial charge in [-0.1, -0.05) is 12.1 Å². The summed E-state index contributed by atoms with van der Waals surface area (Å²) in [7, 11) is 0. The van der Waals surface area contributed by atoms with E-state index >= 15 is 0 Å². The molecule has 1 aliphatic heterocycles. The van der Waals surface area contributed by atoms with Crippen molar-refractivity contribution in [3.63, 3.8) is 0 Å². The molecule has 2 N–H and O–H groups in total. The highest BCUT2D eigenvalue weighted by Gasteiger charge is 2.21. The minimum absolute atomic E-state index is 0.0735. The maximum atomic E-state index is 12.9. The normalized spacial score (nSPS) is 17.9. The standard InChI is InChI=1S/C15H13FN2O/c16-12-5-1-10(2-6-12)14-9-15(18-17-14)11-3-7-13(19)8-4-11/h1-8,14,17,19H,9H2. The number of hydrazone groups is 1. The smallest absolute Gasteiger partial charge is 0.123 e. The first-order valence-corrected chi connectivity index (χ1v) is 6.09. The molecule has 19 heavy (non-hydrogen) atoms. The van der Waals surface area contributed by atoms with Crippen molar-refractivity contribution in [2.75, 3.05) is 0 Å². The van der Waals surface area contributed by atoms with Gasteiger partial charge in [-0.05, 0) is 47.5 Å². The summed E-state index contributed by atoms with van der Waals surface area (Å²) in [6.45, 7) is 0. The fourth-order valence-corrected chi connectivity index (χ4v) is 2.16. The second-order valence-corrected chi connectivity index (χ2v) is 4.54. The summed E-state index contributed by atoms with van der Waals surface area (Å²) in [5.74, 6) is 0.00631. The lowest BCUT2D eigenvalue weighted by Crippen LogP contribution is -2.09. The van der Waals surface area contributed by atoms with Crippen LogP contribution in [-0.4, -0.2) is 10.8 Å². The van der Waals surface area contributed by atoms with Gasteiger partial charge in [0.2, 0.25) is 0 Å². The number of halogens is 1. The molecule has 96 valence electrons. The molecular formula is C15H13FN2O. The van der Waals surface area contributed by atoms with Crippen molar-refractivity contribution in [1.82, 2.24) is 5.43 Å². The van der Waals surface area contributed by atoms with E-state index in [2.05, 4.69) is 10.5 Å². The van der Waals surface area contributed by atoms with Crippen LogP contribution in [0.2, 0.25) is 0 Å². The van der Waals surface area contributed by atoms with Gasteiger partial charge in [-0.2, -0.15) is 5.10 Å². The third-order valence-electron chi connectivity index (χ3n) is 3.23. The maximum absolute atomic E-state index is 12.9. The van der Waals surface area contributed by atoms with E-state index in [0.29, 0.717) is 0 Å². The Morgan fingerprint density at radius 1 is 1.05 bits per heavy atom. The van der Waals surface area contributed by atoms with Crippen molar-refractivity contribution in [1.29, 1.82) is 0 Å². The van der Waals surface area contributed by atoms with E-state index in [9.17, 15) is 9.50 Å². The quantitative estimate of drug-likeness (QED) is 0.867. The summed E-state index contributed by atoms with van der Waals surface area (Å²) in [6.07, 6.45) is 0.746. The lowest BCUT2D eigenvalue weighted by molar-refractivity contribution is 0.475. The summed E-state index contributed by atoms with van der Waals surface area (Å²) in [5.41, 5.74) is 5.99. The maximum Gasteiger partial charge on any atom is 0.123 e. The van der Waals surface area contributed by atoms with Crippen LogP contribution in [0.4, 0.5) is 4.39 Å². The van der Waals surface area contributed by atoms with Gasteiger partial charge >= 0.3 is 0 Å². The van der Waals surface area contributed by atoms with Crippen LogP contribution >= 0.6 is 0 Å². The van der Waals surface area contributed by atoms with E-state index in [0.717, 1.165) is 23.3 Å². The number of aromatic hydroxyl groups is 1. The van der Waals surface area contributed by atoms with Crippen LogP contribution in [0.5, 0.6) is 5.75 Å². The molecule has 1 unspecified atom stereocenters. The van der Waals surface area contributed by atoms with E-state index in [-0.39, 0.29) is 17.6 Å². The largest absolute Gasteiger partial charge is 0.508 e. The van der Waals surface area contributed by atoms with Gasteiger partial charge in [0.05, 0.1) is 11.8 Å². The monoisotopic (exact) mass is 256 g/mol. The third kappa shape index (κ3) is 2.42. The number of rotatable bonds is 2. The average Bonchev–Trinajstić information content (AvgIpc) is 2.90. The lowest BCUT2D eigenvalue weighted by Gasteiger charge is -2.09. The second kappa shape index (κ2) is 4.72.